The van der Waals surface area contributed by atoms with E-state index in [4.69, 9.17) is 11.6 Å². The van der Waals surface area contributed by atoms with Crippen molar-refractivity contribution in [3.63, 3.8) is 0 Å². The number of hydrogen-bond acceptors (Lipinski definition) is 5. The zero-order valence-electron chi connectivity index (χ0n) is 6.48. The van der Waals surface area contributed by atoms with Crippen molar-refractivity contribution in [3.8, 4) is 0 Å². The van der Waals surface area contributed by atoms with Crippen LogP contribution in [0.4, 0.5) is 0 Å². The van der Waals surface area contributed by atoms with Gasteiger partial charge in [0.1, 0.15) is 5.25 Å². The zero-order chi connectivity index (χ0) is 9.35. The molecule has 0 aliphatic heterocycles. The van der Waals surface area contributed by atoms with Crippen LogP contribution in [0.2, 0.25) is 5.35 Å². The molecule has 1 unspecified atom stereocenters. The van der Waals surface area contributed by atoms with E-state index in [1.54, 1.807) is 0 Å². The normalized spacial score (nSPS) is 14.6. The standard InChI is InChI=1S/C5H7ClN2O3S/c1-3(12(2,9)10)4-7-5(6)11-8-4/h3H,1-2H3. The SMILES string of the molecule is CC(c1noc(Cl)n1)S(C)(=O)=O. The van der Waals surface area contributed by atoms with Crippen LogP contribution in [-0.4, -0.2) is 24.8 Å². The van der Waals surface area contributed by atoms with Gasteiger partial charge < -0.3 is 4.52 Å². The Balaban J connectivity index is 3.01. The molecule has 1 atom stereocenters. The van der Waals surface area contributed by atoms with Gasteiger partial charge in [0.15, 0.2) is 15.7 Å². The van der Waals surface area contributed by atoms with Crippen molar-refractivity contribution in [3.05, 3.63) is 11.2 Å². The molecule has 1 aromatic heterocycles. The zero-order valence-corrected chi connectivity index (χ0v) is 8.06. The molecule has 1 heterocycles. The van der Waals surface area contributed by atoms with Gasteiger partial charge in [-0.1, -0.05) is 5.16 Å². The fourth-order valence-electron chi connectivity index (χ4n) is 0.572. The van der Waals surface area contributed by atoms with E-state index < -0.39 is 15.1 Å². The van der Waals surface area contributed by atoms with Crippen LogP contribution >= 0.6 is 11.6 Å². The molecule has 0 radical (unpaired) electrons. The minimum Gasteiger partial charge on any atom is -0.321 e. The maximum atomic E-state index is 11.0. The van der Waals surface area contributed by atoms with E-state index >= 15 is 0 Å². The van der Waals surface area contributed by atoms with Gasteiger partial charge in [-0.15, -0.1) is 0 Å². The van der Waals surface area contributed by atoms with Crippen molar-refractivity contribution in [1.29, 1.82) is 0 Å². The van der Waals surface area contributed by atoms with Gasteiger partial charge in [-0.25, -0.2) is 8.42 Å². The van der Waals surface area contributed by atoms with Crippen LogP contribution in [0.25, 0.3) is 0 Å². The largest absolute Gasteiger partial charge is 0.321 e. The monoisotopic (exact) mass is 210 g/mol. The molecule has 0 N–H and O–H groups in total. The molecule has 0 aliphatic rings. The molecule has 0 saturated carbocycles. The van der Waals surface area contributed by atoms with Crippen molar-refractivity contribution >= 4 is 21.4 Å². The first-order chi connectivity index (χ1) is 5.41. The van der Waals surface area contributed by atoms with Crippen molar-refractivity contribution in [2.24, 2.45) is 0 Å². The predicted octanol–water partition coefficient (Wildman–Crippen LogP) is 0.829. The van der Waals surface area contributed by atoms with Gasteiger partial charge in [-0.3, -0.25) is 0 Å². The van der Waals surface area contributed by atoms with E-state index in [9.17, 15) is 8.42 Å². The summed E-state index contributed by atoms with van der Waals surface area (Å²) in [6.07, 6.45) is 1.10. The van der Waals surface area contributed by atoms with Crippen LogP contribution in [-0.2, 0) is 9.84 Å². The first-order valence-electron chi connectivity index (χ1n) is 3.09. The highest BCUT2D eigenvalue weighted by molar-refractivity contribution is 7.90. The summed E-state index contributed by atoms with van der Waals surface area (Å²) in [5.41, 5.74) is 0. The molecule has 12 heavy (non-hydrogen) atoms. The summed E-state index contributed by atoms with van der Waals surface area (Å²) in [5.74, 6) is 0.0856. The number of halogens is 1. The Bertz CT molecular complexity index is 372. The molecule has 0 amide bonds. The Morgan fingerprint density at radius 3 is 2.50 bits per heavy atom. The fourth-order valence-corrected chi connectivity index (χ4v) is 1.17. The summed E-state index contributed by atoms with van der Waals surface area (Å²) < 4.78 is 26.4. The number of nitrogens with zero attached hydrogens (tertiary/aromatic N) is 2. The first-order valence-corrected chi connectivity index (χ1v) is 5.42. The summed E-state index contributed by atoms with van der Waals surface area (Å²) in [6, 6.07) is 0. The van der Waals surface area contributed by atoms with Crippen molar-refractivity contribution in [2.45, 2.75) is 12.2 Å². The predicted molar refractivity (Wildman–Crippen MR) is 42.6 cm³/mol. The maximum Gasteiger partial charge on any atom is 0.320 e. The Morgan fingerprint density at radius 1 is 1.58 bits per heavy atom. The molecular formula is C5H7ClN2O3S. The molecule has 0 aliphatic carbocycles. The third-order valence-corrected chi connectivity index (χ3v) is 3.07. The van der Waals surface area contributed by atoms with Crippen LogP contribution in [0.15, 0.2) is 4.52 Å². The summed E-state index contributed by atoms with van der Waals surface area (Å²) >= 11 is 5.32. The van der Waals surface area contributed by atoms with Crippen molar-refractivity contribution in [2.75, 3.05) is 6.26 Å². The van der Waals surface area contributed by atoms with E-state index in [1.807, 2.05) is 0 Å². The average molecular weight is 211 g/mol. The number of sulfone groups is 1. The summed E-state index contributed by atoms with van der Waals surface area (Å²) in [5, 5.41) is 2.45. The van der Waals surface area contributed by atoms with Crippen molar-refractivity contribution in [1.82, 2.24) is 10.1 Å². The van der Waals surface area contributed by atoms with Gasteiger partial charge in [0.05, 0.1) is 0 Å². The molecule has 0 saturated heterocycles. The highest BCUT2D eigenvalue weighted by atomic mass is 35.5. The minimum atomic E-state index is -3.19. The third kappa shape index (κ3) is 1.95. The topological polar surface area (TPSA) is 73.1 Å². The summed E-state index contributed by atoms with van der Waals surface area (Å²) in [4.78, 5) is 3.59. The molecule has 0 fully saturated rings. The van der Waals surface area contributed by atoms with Crippen LogP contribution in [0, 0.1) is 0 Å². The van der Waals surface area contributed by atoms with Crippen molar-refractivity contribution < 1.29 is 12.9 Å². The van der Waals surface area contributed by atoms with Gasteiger partial charge in [0, 0.05) is 6.26 Å². The lowest BCUT2D eigenvalue weighted by molar-refractivity contribution is 0.411. The molecule has 1 aromatic rings. The lowest BCUT2D eigenvalue weighted by atomic mass is 10.5. The van der Waals surface area contributed by atoms with E-state index in [2.05, 4.69) is 14.7 Å². The minimum absolute atomic E-state index is 0.0856. The first kappa shape index (κ1) is 9.47. The molecule has 1 rings (SSSR count). The van der Waals surface area contributed by atoms with Crippen LogP contribution in [0.3, 0.4) is 0 Å². The van der Waals surface area contributed by atoms with E-state index in [0.29, 0.717) is 0 Å². The molecule has 5 nitrogen and oxygen atoms in total. The van der Waals surface area contributed by atoms with Crippen LogP contribution in [0.5, 0.6) is 0 Å². The smallest absolute Gasteiger partial charge is 0.320 e. The lowest BCUT2D eigenvalue weighted by Gasteiger charge is -2.01. The van der Waals surface area contributed by atoms with E-state index in [-0.39, 0.29) is 11.2 Å². The fraction of sp³-hybridized carbons (Fsp3) is 0.600. The van der Waals surface area contributed by atoms with Crippen LogP contribution < -0.4 is 0 Å². The second-order valence-electron chi connectivity index (χ2n) is 2.38. The molecule has 0 aromatic carbocycles. The Morgan fingerprint density at radius 2 is 2.17 bits per heavy atom. The van der Waals surface area contributed by atoms with Gasteiger partial charge in [-0.2, -0.15) is 4.98 Å². The number of aromatic nitrogens is 2. The molecule has 68 valence electrons. The highest BCUT2D eigenvalue weighted by Crippen LogP contribution is 2.18. The third-order valence-electron chi connectivity index (χ3n) is 1.42. The second kappa shape index (κ2) is 3.02. The van der Waals surface area contributed by atoms with Gasteiger partial charge in [0.2, 0.25) is 0 Å². The quantitative estimate of drug-likeness (QED) is 0.723. The summed E-state index contributed by atoms with van der Waals surface area (Å²) in [7, 11) is -3.19. The Hall–Kier alpha value is -0.620. The maximum absolute atomic E-state index is 11.0. The molecule has 0 bridgehead atoms. The molecule has 7 heteroatoms. The number of rotatable bonds is 2. The Kier molecular flexibility index (Phi) is 2.39. The molecule has 0 spiro atoms. The van der Waals surface area contributed by atoms with Crippen LogP contribution in [0.1, 0.15) is 18.0 Å². The Labute approximate surface area is 74.6 Å². The van der Waals surface area contributed by atoms with Gasteiger partial charge in [0.25, 0.3) is 0 Å². The van der Waals surface area contributed by atoms with E-state index in [0.717, 1.165) is 6.26 Å². The lowest BCUT2D eigenvalue weighted by Crippen LogP contribution is -2.08. The highest BCUT2D eigenvalue weighted by Gasteiger charge is 2.22. The van der Waals surface area contributed by atoms with Gasteiger partial charge >= 0.3 is 5.35 Å². The van der Waals surface area contributed by atoms with E-state index in [1.165, 1.54) is 6.92 Å². The molecular weight excluding hydrogens is 204 g/mol. The summed E-state index contributed by atoms with van der Waals surface area (Å²) in [6.45, 7) is 1.47. The number of hydrogen-bond donors (Lipinski definition) is 0. The second-order valence-corrected chi connectivity index (χ2v) is 5.07. The van der Waals surface area contributed by atoms with Gasteiger partial charge in [-0.05, 0) is 18.5 Å². The average Bonchev–Trinajstić information content (AvgIpc) is 2.32.